The van der Waals surface area contributed by atoms with Crippen molar-refractivity contribution in [1.29, 1.82) is 0 Å². The maximum absolute atomic E-state index is 6.44. The SMILES string of the molecule is CCOc1ccc2cc(B3OC(C)(C)C(C)(C)O3)ccc2c1Cl. The molecule has 5 heteroatoms. The smallest absolute Gasteiger partial charge is 0.492 e. The summed E-state index contributed by atoms with van der Waals surface area (Å²) in [5.41, 5.74) is 0.308. The molecule has 3 nitrogen and oxygen atoms in total. The van der Waals surface area contributed by atoms with Crippen molar-refractivity contribution in [3.63, 3.8) is 0 Å². The molecule has 0 atom stereocenters. The van der Waals surface area contributed by atoms with Gasteiger partial charge in [0, 0.05) is 5.39 Å². The van der Waals surface area contributed by atoms with Gasteiger partial charge in [-0.25, -0.2) is 0 Å². The molecule has 1 aliphatic heterocycles. The normalized spacial score (nSPS) is 19.3. The topological polar surface area (TPSA) is 27.7 Å². The molecular weight excluding hydrogens is 310 g/mol. The van der Waals surface area contributed by atoms with Gasteiger partial charge in [-0.3, -0.25) is 0 Å². The van der Waals surface area contributed by atoms with Crippen LogP contribution in [0.2, 0.25) is 5.02 Å². The van der Waals surface area contributed by atoms with Gasteiger partial charge in [0.1, 0.15) is 5.75 Å². The summed E-state index contributed by atoms with van der Waals surface area (Å²) in [6.45, 7) is 10.8. The average Bonchev–Trinajstić information content (AvgIpc) is 2.70. The van der Waals surface area contributed by atoms with Crippen LogP contribution in [0.1, 0.15) is 34.6 Å². The van der Waals surface area contributed by atoms with Crippen LogP contribution < -0.4 is 10.2 Å². The van der Waals surface area contributed by atoms with Gasteiger partial charge in [-0.2, -0.15) is 0 Å². The van der Waals surface area contributed by atoms with Gasteiger partial charge >= 0.3 is 7.12 Å². The summed E-state index contributed by atoms with van der Waals surface area (Å²) in [6, 6.07) is 9.99. The van der Waals surface area contributed by atoms with E-state index in [-0.39, 0.29) is 18.3 Å². The Morgan fingerprint density at radius 3 is 2.30 bits per heavy atom. The van der Waals surface area contributed by atoms with E-state index in [1.54, 1.807) is 0 Å². The van der Waals surface area contributed by atoms with Crippen molar-refractivity contribution in [3.05, 3.63) is 35.4 Å². The first kappa shape index (κ1) is 16.6. The summed E-state index contributed by atoms with van der Waals surface area (Å²) in [5, 5.41) is 2.66. The molecule has 0 N–H and O–H groups in total. The molecule has 2 aromatic carbocycles. The van der Waals surface area contributed by atoms with Crippen LogP contribution in [0.4, 0.5) is 0 Å². The minimum Gasteiger partial charge on any atom is -0.492 e. The highest BCUT2D eigenvalue weighted by molar-refractivity contribution is 6.62. The average molecular weight is 333 g/mol. The van der Waals surface area contributed by atoms with Crippen molar-refractivity contribution in [2.24, 2.45) is 0 Å². The van der Waals surface area contributed by atoms with Crippen LogP contribution in [0.15, 0.2) is 30.3 Å². The molecule has 0 saturated carbocycles. The number of halogens is 1. The van der Waals surface area contributed by atoms with Crippen LogP contribution in [0.5, 0.6) is 5.75 Å². The first-order valence-electron chi connectivity index (χ1n) is 7.96. The van der Waals surface area contributed by atoms with E-state index in [9.17, 15) is 0 Å². The van der Waals surface area contributed by atoms with Crippen molar-refractivity contribution in [3.8, 4) is 5.75 Å². The van der Waals surface area contributed by atoms with E-state index in [1.165, 1.54) is 0 Å². The number of fused-ring (bicyclic) bond motifs is 1. The summed E-state index contributed by atoms with van der Waals surface area (Å²) in [6.07, 6.45) is 0. The summed E-state index contributed by atoms with van der Waals surface area (Å²) >= 11 is 6.44. The molecule has 0 amide bonds. The van der Waals surface area contributed by atoms with Crippen LogP contribution in [-0.4, -0.2) is 24.9 Å². The Morgan fingerprint density at radius 2 is 1.70 bits per heavy atom. The molecule has 3 rings (SSSR count). The van der Waals surface area contributed by atoms with Gasteiger partial charge in [0.2, 0.25) is 0 Å². The third-order valence-corrected chi connectivity index (χ3v) is 5.16. The van der Waals surface area contributed by atoms with Gasteiger partial charge in [0.15, 0.2) is 0 Å². The Labute approximate surface area is 143 Å². The highest BCUT2D eigenvalue weighted by atomic mass is 35.5. The maximum Gasteiger partial charge on any atom is 0.494 e. The zero-order chi connectivity index (χ0) is 16.8. The molecular formula is C18H22BClO3. The number of benzene rings is 2. The van der Waals surface area contributed by atoms with Crippen LogP contribution in [0, 0.1) is 0 Å². The van der Waals surface area contributed by atoms with Crippen molar-refractivity contribution < 1.29 is 14.0 Å². The molecule has 1 saturated heterocycles. The van der Waals surface area contributed by atoms with E-state index in [1.807, 2.05) is 31.2 Å². The van der Waals surface area contributed by atoms with Gasteiger partial charge in [0.05, 0.1) is 22.8 Å². The number of hydrogen-bond acceptors (Lipinski definition) is 3. The lowest BCUT2D eigenvalue weighted by atomic mass is 9.78. The van der Waals surface area contributed by atoms with Gasteiger partial charge in [-0.05, 0) is 51.5 Å². The number of hydrogen-bond donors (Lipinski definition) is 0. The lowest BCUT2D eigenvalue weighted by Crippen LogP contribution is -2.41. The Morgan fingerprint density at radius 1 is 1.04 bits per heavy atom. The highest BCUT2D eigenvalue weighted by Crippen LogP contribution is 2.37. The maximum atomic E-state index is 6.44. The number of rotatable bonds is 3. The van der Waals surface area contributed by atoms with E-state index in [2.05, 4.69) is 33.8 Å². The fraction of sp³-hybridized carbons (Fsp3) is 0.444. The first-order valence-corrected chi connectivity index (χ1v) is 8.33. The molecule has 0 aromatic heterocycles. The lowest BCUT2D eigenvalue weighted by molar-refractivity contribution is 0.00578. The molecule has 1 aliphatic rings. The van der Waals surface area contributed by atoms with Gasteiger partial charge < -0.3 is 14.0 Å². The Kier molecular flexibility index (Phi) is 4.12. The summed E-state index contributed by atoms with van der Waals surface area (Å²) in [5.74, 6) is 0.713. The molecule has 0 aliphatic carbocycles. The van der Waals surface area contributed by atoms with Gasteiger partial charge in [-0.1, -0.05) is 35.9 Å². The van der Waals surface area contributed by atoms with Gasteiger partial charge in [-0.15, -0.1) is 0 Å². The quantitative estimate of drug-likeness (QED) is 0.789. The van der Waals surface area contributed by atoms with Crippen LogP contribution in [0.3, 0.4) is 0 Å². The van der Waals surface area contributed by atoms with E-state index in [0.29, 0.717) is 17.4 Å². The van der Waals surface area contributed by atoms with Crippen LogP contribution in [-0.2, 0) is 9.31 Å². The van der Waals surface area contributed by atoms with Crippen LogP contribution >= 0.6 is 11.6 Å². The molecule has 122 valence electrons. The largest absolute Gasteiger partial charge is 0.494 e. The third kappa shape index (κ3) is 2.84. The van der Waals surface area contributed by atoms with E-state index in [0.717, 1.165) is 16.2 Å². The monoisotopic (exact) mass is 332 g/mol. The predicted molar refractivity (Wildman–Crippen MR) is 95.8 cm³/mol. The molecule has 0 unspecified atom stereocenters. The van der Waals surface area contributed by atoms with E-state index in [4.69, 9.17) is 25.6 Å². The van der Waals surface area contributed by atoms with Gasteiger partial charge in [0.25, 0.3) is 0 Å². The summed E-state index contributed by atoms with van der Waals surface area (Å²) in [7, 11) is -0.366. The summed E-state index contributed by atoms with van der Waals surface area (Å²) < 4.78 is 17.8. The molecule has 0 spiro atoms. The second-order valence-corrected chi connectivity index (χ2v) is 7.26. The highest BCUT2D eigenvalue weighted by Gasteiger charge is 2.51. The van der Waals surface area contributed by atoms with Crippen molar-refractivity contribution in [2.75, 3.05) is 6.61 Å². The molecule has 2 aromatic rings. The Bertz CT molecular complexity index is 726. The molecule has 0 radical (unpaired) electrons. The molecule has 1 heterocycles. The Hall–Kier alpha value is -1.23. The molecule has 23 heavy (non-hydrogen) atoms. The zero-order valence-electron chi connectivity index (χ0n) is 14.3. The first-order chi connectivity index (χ1) is 10.7. The van der Waals surface area contributed by atoms with Crippen LogP contribution in [0.25, 0.3) is 10.8 Å². The minimum absolute atomic E-state index is 0.344. The van der Waals surface area contributed by atoms with E-state index < -0.39 is 0 Å². The van der Waals surface area contributed by atoms with Crippen molar-refractivity contribution in [2.45, 2.75) is 45.8 Å². The zero-order valence-corrected chi connectivity index (χ0v) is 15.0. The fourth-order valence-electron chi connectivity index (χ4n) is 2.68. The molecule has 0 bridgehead atoms. The van der Waals surface area contributed by atoms with Crippen molar-refractivity contribution in [1.82, 2.24) is 0 Å². The van der Waals surface area contributed by atoms with E-state index >= 15 is 0 Å². The Balaban J connectivity index is 1.97. The second kappa shape index (κ2) is 5.69. The second-order valence-electron chi connectivity index (χ2n) is 6.88. The predicted octanol–water partition coefficient (Wildman–Crippen LogP) is 4.19. The standard InChI is InChI=1S/C18H22BClO3/c1-6-21-15-10-7-12-11-13(8-9-14(12)16(15)20)19-22-17(2,3)18(4,5)23-19/h7-11H,6H2,1-5H3. The van der Waals surface area contributed by atoms with Crippen molar-refractivity contribution >= 4 is 35.0 Å². The molecule has 1 fully saturated rings. The summed E-state index contributed by atoms with van der Waals surface area (Å²) in [4.78, 5) is 0. The third-order valence-electron chi connectivity index (χ3n) is 4.77. The number of ether oxygens (including phenoxy) is 1. The fourth-order valence-corrected chi connectivity index (χ4v) is 2.97. The minimum atomic E-state index is -0.366. The lowest BCUT2D eigenvalue weighted by Gasteiger charge is -2.32.